The SMILES string of the molecule is CCOC(=O)Cn1cnc(-c2nc([C@@](C)(c3ccc(-c4cnc(N)nc4)cc3)C3CC3)no2)c1. The summed E-state index contributed by atoms with van der Waals surface area (Å²) in [6.45, 7) is 4.34. The molecule has 1 atom stereocenters. The first-order valence-corrected chi connectivity index (χ1v) is 11.2. The molecule has 1 fully saturated rings. The molecule has 5 rings (SSSR count). The Balaban J connectivity index is 1.40. The molecule has 0 bridgehead atoms. The summed E-state index contributed by atoms with van der Waals surface area (Å²) in [5, 5.41) is 4.33. The van der Waals surface area contributed by atoms with Crippen molar-refractivity contribution in [2.45, 2.75) is 38.6 Å². The molecule has 1 aliphatic carbocycles. The fourth-order valence-electron chi connectivity index (χ4n) is 4.16. The van der Waals surface area contributed by atoms with Crippen molar-refractivity contribution in [3.8, 4) is 22.7 Å². The van der Waals surface area contributed by atoms with Crippen molar-refractivity contribution in [2.24, 2.45) is 5.92 Å². The molecule has 1 aliphatic rings. The minimum atomic E-state index is -0.397. The first-order chi connectivity index (χ1) is 16.5. The van der Waals surface area contributed by atoms with Crippen LogP contribution in [0.1, 0.15) is 38.1 Å². The summed E-state index contributed by atoms with van der Waals surface area (Å²) in [4.78, 5) is 28.9. The monoisotopic (exact) mass is 459 g/mol. The number of benzene rings is 1. The van der Waals surface area contributed by atoms with Crippen LogP contribution in [-0.2, 0) is 21.5 Å². The third kappa shape index (κ3) is 4.14. The fourth-order valence-corrected chi connectivity index (χ4v) is 4.16. The van der Waals surface area contributed by atoms with E-state index in [4.69, 9.17) is 20.0 Å². The number of anilines is 1. The van der Waals surface area contributed by atoms with Gasteiger partial charge in [-0.2, -0.15) is 4.98 Å². The lowest BCUT2D eigenvalue weighted by Gasteiger charge is -2.27. The summed E-state index contributed by atoms with van der Waals surface area (Å²) in [5.74, 6) is 1.28. The summed E-state index contributed by atoms with van der Waals surface area (Å²) < 4.78 is 12.2. The van der Waals surface area contributed by atoms with Crippen LogP contribution in [-0.4, -0.2) is 42.2 Å². The number of hydrogen-bond donors (Lipinski definition) is 1. The van der Waals surface area contributed by atoms with Gasteiger partial charge in [-0.05, 0) is 43.7 Å². The van der Waals surface area contributed by atoms with Crippen molar-refractivity contribution in [1.82, 2.24) is 29.7 Å². The summed E-state index contributed by atoms with van der Waals surface area (Å²) in [7, 11) is 0. The average molecular weight is 460 g/mol. The van der Waals surface area contributed by atoms with E-state index in [1.807, 2.05) is 12.1 Å². The molecule has 174 valence electrons. The van der Waals surface area contributed by atoms with Gasteiger partial charge in [0.05, 0.1) is 18.3 Å². The normalized spacial score (nSPS) is 15.1. The summed E-state index contributed by atoms with van der Waals surface area (Å²) in [5.41, 5.74) is 8.72. The van der Waals surface area contributed by atoms with Gasteiger partial charge in [-0.3, -0.25) is 4.79 Å². The zero-order valence-electron chi connectivity index (χ0n) is 19.0. The van der Waals surface area contributed by atoms with Crippen molar-refractivity contribution < 1.29 is 14.1 Å². The molecule has 3 aromatic heterocycles. The number of aromatic nitrogens is 6. The van der Waals surface area contributed by atoms with E-state index in [0.29, 0.717) is 29.9 Å². The van der Waals surface area contributed by atoms with Crippen LogP contribution in [0.25, 0.3) is 22.7 Å². The second-order valence-electron chi connectivity index (χ2n) is 8.54. The Labute approximate surface area is 196 Å². The molecule has 0 aliphatic heterocycles. The highest BCUT2D eigenvalue weighted by atomic mass is 16.5. The van der Waals surface area contributed by atoms with E-state index in [9.17, 15) is 4.79 Å². The van der Waals surface area contributed by atoms with Crippen LogP contribution in [0, 0.1) is 5.92 Å². The lowest BCUT2D eigenvalue weighted by atomic mass is 9.77. The molecule has 0 unspecified atom stereocenters. The Bertz CT molecular complexity index is 1290. The van der Waals surface area contributed by atoms with Gasteiger partial charge in [0.25, 0.3) is 5.89 Å². The number of carbonyl (C=O) groups is 1. The molecule has 1 aromatic carbocycles. The lowest BCUT2D eigenvalue weighted by molar-refractivity contribution is -0.143. The first kappa shape index (κ1) is 21.7. The molecule has 4 aromatic rings. The molecule has 2 N–H and O–H groups in total. The highest BCUT2D eigenvalue weighted by molar-refractivity contribution is 5.69. The predicted octanol–water partition coefficient (Wildman–Crippen LogP) is 3.25. The van der Waals surface area contributed by atoms with Crippen LogP contribution in [0.3, 0.4) is 0 Å². The Morgan fingerprint density at radius 3 is 2.59 bits per heavy atom. The molecule has 10 nitrogen and oxygen atoms in total. The van der Waals surface area contributed by atoms with Crippen LogP contribution in [0.4, 0.5) is 5.95 Å². The number of ether oxygens (including phenoxy) is 1. The molecule has 0 saturated heterocycles. The van der Waals surface area contributed by atoms with Crippen molar-refractivity contribution >= 4 is 11.9 Å². The van der Waals surface area contributed by atoms with Gasteiger partial charge in [0.15, 0.2) is 5.82 Å². The number of hydrogen-bond acceptors (Lipinski definition) is 9. The Kier molecular flexibility index (Phi) is 5.56. The second-order valence-corrected chi connectivity index (χ2v) is 8.54. The van der Waals surface area contributed by atoms with Gasteiger partial charge < -0.3 is 19.6 Å². The van der Waals surface area contributed by atoms with E-state index in [-0.39, 0.29) is 18.5 Å². The summed E-state index contributed by atoms with van der Waals surface area (Å²) in [6, 6.07) is 8.27. The molecular weight excluding hydrogens is 434 g/mol. The van der Waals surface area contributed by atoms with E-state index in [0.717, 1.165) is 29.5 Å². The van der Waals surface area contributed by atoms with Crippen molar-refractivity contribution in [1.29, 1.82) is 0 Å². The lowest BCUT2D eigenvalue weighted by Crippen LogP contribution is -2.28. The molecule has 0 radical (unpaired) electrons. The molecule has 0 amide bonds. The van der Waals surface area contributed by atoms with E-state index < -0.39 is 5.41 Å². The van der Waals surface area contributed by atoms with Crippen LogP contribution in [0.2, 0.25) is 0 Å². The van der Waals surface area contributed by atoms with E-state index in [1.165, 1.54) is 0 Å². The highest BCUT2D eigenvalue weighted by Crippen LogP contribution is 2.50. The largest absolute Gasteiger partial charge is 0.465 e. The van der Waals surface area contributed by atoms with Crippen LogP contribution < -0.4 is 5.73 Å². The number of carbonyl (C=O) groups excluding carboxylic acids is 1. The molecule has 34 heavy (non-hydrogen) atoms. The first-order valence-electron chi connectivity index (χ1n) is 11.2. The zero-order chi connectivity index (χ0) is 23.7. The zero-order valence-corrected chi connectivity index (χ0v) is 19.0. The summed E-state index contributed by atoms with van der Waals surface area (Å²) in [6.07, 6.45) is 8.88. The minimum Gasteiger partial charge on any atom is -0.465 e. The fraction of sp³-hybridized carbons (Fsp3) is 0.333. The van der Waals surface area contributed by atoms with Crippen molar-refractivity contribution in [2.75, 3.05) is 12.3 Å². The second kappa shape index (κ2) is 8.69. The average Bonchev–Trinajstić information content (AvgIpc) is 3.40. The standard InChI is InChI=1S/C24H25N7O3/c1-3-33-20(32)13-31-12-19(28-14-31)21-29-22(30-34-21)24(2,18-8-9-18)17-6-4-15(5-7-17)16-10-26-23(25)27-11-16/h4-7,10-12,14,18H,3,8-9,13H2,1-2H3,(H2,25,26,27)/t24-/m0/s1. The van der Waals surface area contributed by atoms with E-state index in [2.05, 4.69) is 39.2 Å². The molecule has 0 spiro atoms. The number of esters is 1. The maximum atomic E-state index is 11.7. The third-order valence-corrected chi connectivity index (χ3v) is 6.24. The Morgan fingerprint density at radius 2 is 1.91 bits per heavy atom. The maximum Gasteiger partial charge on any atom is 0.325 e. The van der Waals surface area contributed by atoms with Crippen LogP contribution in [0.15, 0.2) is 53.7 Å². The molecular formula is C24H25N7O3. The number of imidazole rings is 1. The quantitative estimate of drug-likeness (QED) is 0.394. The predicted molar refractivity (Wildman–Crippen MR) is 123 cm³/mol. The van der Waals surface area contributed by atoms with Gasteiger partial charge in [-0.15, -0.1) is 0 Å². The minimum absolute atomic E-state index is 0.0764. The van der Waals surface area contributed by atoms with Gasteiger partial charge in [-0.25, -0.2) is 15.0 Å². The van der Waals surface area contributed by atoms with Gasteiger partial charge >= 0.3 is 5.97 Å². The molecule has 1 saturated carbocycles. The van der Waals surface area contributed by atoms with Gasteiger partial charge in [0.2, 0.25) is 5.95 Å². The van der Waals surface area contributed by atoms with Crippen LogP contribution in [0.5, 0.6) is 0 Å². The van der Waals surface area contributed by atoms with Crippen molar-refractivity contribution in [3.63, 3.8) is 0 Å². The van der Waals surface area contributed by atoms with Crippen molar-refractivity contribution in [3.05, 3.63) is 60.6 Å². The smallest absolute Gasteiger partial charge is 0.325 e. The van der Waals surface area contributed by atoms with Gasteiger partial charge in [0.1, 0.15) is 12.2 Å². The number of rotatable bonds is 8. The Morgan fingerprint density at radius 1 is 1.18 bits per heavy atom. The van der Waals surface area contributed by atoms with E-state index in [1.54, 1.807) is 36.4 Å². The van der Waals surface area contributed by atoms with Gasteiger partial charge in [-0.1, -0.05) is 29.4 Å². The Hall–Kier alpha value is -4.08. The molecule has 3 heterocycles. The van der Waals surface area contributed by atoms with E-state index >= 15 is 0 Å². The maximum absolute atomic E-state index is 11.7. The van der Waals surface area contributed by atoms with Crippen LogP contribution >= 0.6 is 0 Å². The number of nitrogens with zero attached hydrogens (tertiary/aromatic N) is 6. The molecule has 10 heteroatoms. The number of nitrogens with two attached hydrogens (primary N) is 1. The number of nitrogen functional groups attached to an aromatic ring is 1. The third-order valence-electron chi connectivity index (χ3n) is 6.24. The summed E-state index contributed by atoms with van der Waals surface area (Å²) >= 11 is 0. The van der Waals surface area contributed by atoms with Gasteiger partial charge in [0, 0.05) is 24.2 Å². The highest BCUT2D eigenvalue weighted by Gasteiger charge is 2.47. The topological polar surface area (TPSA) is 135 Å².